The lowest BCUT2D eigenvalue weighted by Gasteiger charge is -2.01. The van der Waals surface area contributed by atoms with Gasteiger partial charge in [-0.2, -0.15) is 0 Å². The lowest BCUT2D eigenvalue weighted by atomic mass is 10.3. The molecule has 14 heavy (non-hydrogen) atoms. The van der Waals surface area contributed by atoms with Gasteiger partial charge in [0.2, 0.25) is 0 Å². The third-order valence-electron chi connectivity index (χ3n) is 2.10. The van der Waals surface area contributed by atoms with Gasteiger partial charge >= 0.3 is 0 Å². The molecule has 0 bridgehead atoms. The summed E-state index contributed by atoms with van der Waals surface area (Å²) in [5.41, 5.74) is 2.67. The van der Waals surface area contributed by atoms with E-state index in [9.17, 15) is 0 Å². The van der Waals surface area contributed by atoms with Crippen LogP contribution in [0.15, 0.2) is 35.2 Å². The van der Waals surface area contributed by atoms with E-state index in [1.165, 1.54) is 0 Å². The highest BCUT2D eigenvalue weighted by molar-refractivity contribution is 9.10. The monoisotopic (exact) mass is 248 g/mol. The molecule has 0 unspecified atom stereocenters. The Kier molecular flexibility index (Phi) is 1.55. The molecule has 0 aliphatic heterocycles. The van der Waals surface area contributed by atoms with Crippen LogP contribution in [0.3, 0.4) is 0 Å². The molecule has 4 nitrogen and oxygen atoms in total. The van der Waals surface area contributed by atoms with Crippen LogP contribution in [0, 0.1) is 0 Å². The lowest BCUT2D eigenvalue weighted by Crippen LogP contribution is -1.90. The highest BCUT2D eigenvalue weighted by Gasteiger charge is 2.04. The van der Waals surface area contributed by atoms with Crippen LogP contribution in [0.5, 0.6) is 0 Å². The Morgan fingerprint density at radius 2 is 2.21 bits per heavy atom. The summed E-state index contributed by atoms with van der Waals surface area (Å²) in [6, 6.07) is 5.89. The maximum absolute atomic E-state index is 4.29. The summed E-state index contributed by atoms with van der Waals surface area (Å²) in [5, 5.41) is 7.78. The lowest BCUT2D eigenvalue weighted by molar-refractivity contribution is 1.11. The van der Waals surface area contributed by atoms with E-state index in [4.69, 9.17) is 0 Å². The average molecular weight is 249 g/mol. The largest absolute Gasteiger partial charge is 0.277 e. The van der Waals surface area contributed by atoms with Gasteiger partial charge in [0.05, 0.1) is 17.2 Å². The minimum absolute atomic E-state index is 0.754. The van der Waals surface area contributed by atoms with Crippen LogP contribution in [0.2, 0.25) is 0 Å². The summed E-state index contributed by atoms with van der Waals surface area (Å²) < 4.78 is 2.90. The minimum Gasteiger partial charge on any atom is -0.277 e. The molecule has 2 aromatic heterocycles. The Balaban J connectivity index is 2.67. The maximum atomic E-state index is 4.29. The molecule has 0 amide bonds. The number of fused-ring (bicyclic) bond motifs is 3. The van der Waals surface area contributed by atoms with Gasteiger partial charge in [0, 0.05) is 4.47 Å². The van der Waals surface area contributed by atoms with E-state index in [2.05, 4.69) is 31.1 Å². The van der Waals surface area contributed by atoms with Crippen LogP contribution in [0.25, 0.3) is 16.7 Å². The number of hydrogen-bond donors (Lipinski definition) is 0. The van der Waals surface area contributed by atoms with Gasteiger partial charge < -0.3 is 0 Å². The zero-order valence-electron chi connectivity index (χ0n) is 7.05. The molecule has 0 N–H and O–H groups in total. The second-order valence-corrected chi connectivity index (χ2v) is 3.78. The molecule has 3 aromatic rings. The van der Waals surface area contributed by atoms with Crippen molar-refractivity contribution in [2.75, 3.05) is 0 Å². The summed E-state index contributed by atoms with van der Waals surface area (Å²) in [5.74, 6) is 0. The molecule has 0 spiro atoms. The first kappa shape index (κ1) is 7.87. The van der Waals surface area contributed by atoms with E-state index in [-0.39, 0.29) is 0 Å². The topological polar surface area (TPSA) is 43.1 Å². The second-order valence-electron chi connectivity index (χ2n) is 2.92. The van der Waals surface area contributed by atoms with E-state index in [1.807, 2.05) is 22.6 Å². The van der Waals surface area contributed by atoms with Gasteiger partial charge in [0.15, 0.2) is 5.65 Å². The third kappa shape index (κ3) is 0.957. The predicted molar refractivity (Wildman–Crippen MR) is 56.0 cm³/mol. The van der Waals surface area contributed by atoms with Gasteiger partial charge in [-0.1, -0.05) is 6.07 Å². The first-order valence-corrected chi connectivity index (χ1v) is 4.88. The second kappa shape index (κ2) is 2.75. The fourth-order valence-corrected chi connectivity index (χ4v) is 2.02. The van der Waals surface area contributed by atoms with Crippen LogP contribution in [0.4, 0.5) is 0 Å². The van der Waals surface area contributed by atoms with Crippen molar-refractivity contribution in [2.45, 2.75) is 0 Å². The molecule has 0 aliphatic rings. The quantitative estimate of drug-likeness (QED) is 0.612. The van der Waals surface area contributed by atoms with Crippen LogP contribution < -0.4 is 0 Å². The average Bonchev–Trinajstić information content (AvgIpc) is 2.65. The standard InChI is InChI=1S/C9H5BrN4/c10-6-2-1-3-7-9(6)14-5-12-13-8(14)4-11-7/h1-5H. The van der Waals surface area contributed by atoms with Gasteiger partial charge in [-0.05, 0) is 28.1 Å². The third-order valence-corrected chi connectivity index (χ3v) is 2.74. The van der Waals surface area contributed by atoms with E-state index < -0.39 is 0 Å². The zero-order chi connectivity index (χ0) is 9.54. The molecule has 0 saturated carbocycles. The number of nitrogens with zero attached hydrogens (tertiary/aromatic N) is 4. The molecule has 68 valence electrons. The van der Waals surface area contributed by atoms with Crippen molar-refractivity contribution in [3.8, 4) is 0 Å². The first-order valence-electron chi connectivity index (χ1n) is 4.09. The smallest absolute Gasteiger partial charge is 0.179 e. The number of aromatic nitrogens is 4. The Bertz CT molecular complexity index is 616. The summed E-state index contributed by atoms with van der Waals surface area (Å²) >= 11 is 3.49. The summed E-state index contributed by atoms with van der Waals surface area (Å²) in [6.45, 7) is 0. The van der Waals surface area contributed by atoms with Gasteiger partial charge in [0.1, 0.15) is 6.33 Å². The number of benzene rings is 1. The molecule has 0 atom stereocenters. The van der Waals surface area contributed by atoms with E-state index in [1.54, 1.807) is 12.5 Å². The van der Waals surface area contributed by atoms with Crippen LogP contribution >= 0.6 is 15.9 Å². The van der Waals surface area contributed by atoms with Crippen molar-refractivity contribution in [3.63, 3.8) is 0 Å². The molecule has 5 heteroatoms. The Hall–Kier alpha value is -1.49. The van der Waals surface area contributed by atoms with Crippen molar-refractivity contribution < 1.29 is 0 Å². The summed E-state index contributed by atoms with van der Waals surface area (Å²) in [4.78, 5) is 4.29. The normalized spacial score (nSPS) is 11.2. The SMILES string of the molecule is Brc1cccc2ncc3nncn3c12. The molecule has 0 fully saturated rings. The van der Waals surface area contributed by atoms with Gasteiger partial charge in [0.25, 0.3) is 0 Å². The number of halogens is 1. The van der Waals surface area contributed by atoms with Crippen molar-refractivity contribution in [3.05, 3.63) is 35.2 Å². The van der Waals surface area contributed by atoms with Crippen LogP contribution in [-0.2, 0) is 0 Å². The molecule has 0 radical (unpaired) electrons. The van der Waals surface area contributed by atoms with Crippen molar-refractivity contribution >= 4 is 32.6 Å². The van der Waals surface area contributed by atoms with Gasteiger partial charge in [-0.15, -0.1) is 10.2 Å². The first-order chi connectivity index (χ1) is 6.86. The van der Waals surface area contributed by atoms with Crippen molar-refractivity contribution in [1.29, 1.82) is 0 Å². The van der Waals surface area contributed by atoms with Gasteiger partial charge in [-0.3, -0.25) is 9.38 Å². The fraction of sp³-hybridized carbons (Fsp3) is 0. The molecule has 2 heterocycles. The molecule has 3 rings (SSSR count). The molecular formula is C9H5BrN4. The molecule has 0 aliphatic carbocycles. The van der Waals surface area contributed by atoms with E-state index in [0.717, 1.165) is 21.2 Å². The molecule has 0 saturated heterocycles. The summed E-state index contributed by atoms with van der Waals surface area (Å²) in [7, 11) is 0. The van der Waals surface area contributed by atoms with Crippen molar-refractivity contribution in [2.24, 2.45) is 0 Å². The highest BCUT2D eigenvalue weighted by atomic mass is 79.9. The number of hydrogen-bond acceptors (Lipinski definition) is 3. The van der Waals surface area contributed by atoms with Gasteiger partial charge in [-0.25, -0.2) is 0 Å². The minimum atomic E-state index is 0.754. The van der Waals surface area contributed by atoms with E-state index >= 15 is 0 Å². The van der Waals surface area contributed by atoms with E-state index in [0.29, 0.717) is 0 Å². The highest BCUT2D eigenvalue weighted by Crippen LogP contribution is 2.22. The number of para-hydroxylation sites is 1. The predicted octanol–water partition coefficient (Wildman–Crippen LogP) is 2.04. The molecular weight excluding hydrogens is 244 g/mol. The fourth-order valence-electron chi connectivity index (χ4n) is 1.48. The number of rotatable bonds is 0. The summed E-state index contributed by atoms with van der Waals surface area (Å²) in [6.07, 6.45) is 3.39. The Morgan fingerprint density at radius 1 is 1.29 bits per heavy atom. The Labute approximate surface area is 87.7 Å². The Morgan fingerprint density at radius 3 is 3.14 bits per heavy atom. The van der Waals surface area contributed by atoms with Crippen LogP contribution in [0.1, 0.15) is 0 Å². The zero-order valence-corrected chi connectivity index (χ0v) is 8.64. The molecule has 1 aromatic carbocycles. The van der Waals surface area contributed by atoms with Crippen LogP contribution in [-0.4, -0.2) is 19.6 Å². The maximum Gasteiger partial charge on any atom is 0.179 e. The van der Waals surface area contributed by atoms with Crippen molar-refractivity contribution in [1.82, 2.24) is 19.6 Å².